The SMILES string of the molecule is CC(CCC(=O)O)=C1CC[C@H](C)[C@H](C)[C@]1(C)COc1ccc2ccc(=O)oc2c1. The highest BCUT2D eigenvalue weighted by Gasteiger charge is 2.42. The van der Waals surface area contributed by atoms with Gasteiger partial charge in [0.05, 0.1) is 6.61 Å². The molecule has 0 radical (unpaired) electrons. The Balaban J connectivity index is 1.87. The van der Waals surface area contributed by atoms with Gasteiger partial charge in [-0.2, -0.15) is 0 Å². The van der Waals surface area contributed by atoms with Crippen LogP contribution < -0.4 is 10.4 Å². The van der Waals surface area contributed by atoms with Crippen LogP contribution in [-0.2, 0) is 4.79 Å². The van der Waals surface area contributed by atoms with E-state index in [2.05, 4.69) is 27.7 Å². The fourth-order valence-corrected chi connectivity index (χ4v) is 4.54. The van der Waals surface area contributed by atoms with E-state index in [1.807, 2.05) is 12.1 Å². The van der Waals surface area contributed by atoms with E-state index < -0.39 is 5.97 Å². The molecule has 1 N–H and O–H groups in total. The minimum atomic E-state index is -0.766. The molecule has 29 heavy (non-hydrogen) atoms. The van der Waals surface area contributed by atoms with Gasteiger partial charge in [-0.1, -0.05) is 31.9 Å². The molecule has 3 atom stereocenters. The second kappa shape index (κ2) is 8.44. The molecule has 1 saturated carbocycles. The fourth-order valence-electron chi connectivity index (χ4n) is 4.54. The van der Waals surface area contributed by atoms with Crippen molar-refractivity contribution in [2.24, 2.45) is 17.3 Å². The smallest absolute Gasteiger partial charge is 0.336 e. The minimum absolute atomic E-state index is 0.153. The van der Waals surface area contributed by atoms with E-state index in [0.29, 0.717) is 36.2 Å². The molecule has 2 aromatic rings. The number of hydrogen-bond acceptors (Lipinski definition) is 4. The Hall–Kier alpha value is -2.56. The zero-order valence-electron chi connectivity index (χ0n) is 17.7. The third-order valence-corrected chi connectivity index (χ3v) is 6.76. The molecule has 0 saturated heterocycles. The summed E-state index contributed by atoms with van der Waals surface area (Å²) in [6, 6.07) is 8.69. The third-order valence-electron chi connectivity index (χ3n) is 6.76. The number of ether oxygens (including phenoxy) is 1. The summed E-state index contributed by atoms with van der Waals surface area (Å²) in [6.07, 6.45) is 2.81. The van der Waals surface area contributed by atoms with E-state index in [0.717, 1.165) is 18.2 Å². The van der Waals surface area contributed by atoms with Gasteiger partial charge in [0.2, 0.25) is 0 Å². The predicted octanol–water partition coefficient (Wildman–Crippen LogP) is 5.43. The molecular formula is C24H30O5. The summed E-state index contributed by atoms with van der Waals surface area (Å²) in [6.45, 7) is 9.33. The summed E-state index contributed by atoms with van der Waals surface area (Å²) in [5.74, 6) is 0.873. The number of allylic oxidation sites excluding steroid dienone is 1. The second-order valence-corrected chi connectivity index (χ2v) is 8.62. The van der Waals surface area contributed by atoms with Crippen molar-refractivity contribution in [3.8, 4) is 5.75 Å². The van der Waals surface area contributed by atoms with Crippen LogP contribution in [0.1, 0.15) is 53.4 Å². The summed E-state index contributed by atoms with van der Waals surface area (Å²) >= 11 is 0. The van der Waals surface area contributed by atoms with E-state index in [1.165, 1.54) is 17.2 Å². The molecule has 0 bridgehead atoms. The molecule has 5 heteroatoms. The van der Waals surface area contributed by atoms with Crippen LogP contribution in [0.25, 0.3) is 11.0 Å². The summed E-state index contributed by atoms with van der Waals surface area (Å²) < 4.78 is 11.5. The predicted molar refractivity (Wildman–Crippen MR) is 113 cm³/mol. The Morgan fingerprint density at radius 2 is 1.97 bits per heavy atom. The molecular weight excluding hydrogens is 368 g/mol. The maximum atomic E-state index is 11.5. The highest BCUT2D eigenvalue weighted by atomic mass is 16.5. The van der Waals surface area contributed by atoms with Gasteiger partial charge in [0.1, 0.15) is 11.3 Å². The van der Waals surface area contributed by atoms with E-state index >= 15 is 0 Å². The first kappa shape index (κ1) is 21.2. The Morgan fingerprint density at radius 3 is 2.69 bits per heavy atom. The Kier molecular flexibility index (Phi) is 6.15. The molecule has 156 valence electrons. The average molecular weight is 398 g/mol. The molecule has 0 aliphatic heterocycles. The first-order chi connectivity index (χ1) is 13.7. The van der Waals surface area contributed by atoms with Crippen molar-refractivity contribution < 1.29 is 19.1 Å². The molecule has 1 heterocycles. The lowest BCUT2D eigenvalue weighted by Crippen LogP contribution is -2.41. The van der Waals surface area contributed by atoms with E-state index in [9.17, 15) is 9.59 Å². The fraction of sp³-hybridized carbons (Fsp3) is 0.500. The number of fused-ring (bicyclic) bond motifs is 1. The van der Waals surface area contributed by atoms with Crippen molar-refractivity contribution in [2.45, 2.75) is 53.4 Å². The van der Waals surface area contributed by atoms with Crippen LogP contribution in [0.15, 0.2) is 50.7 Å². The lowest BCUT2D eigenvalue weighted by Gasteiger charge is -2.46. The Bertz CT molecular complexity index is 986. The number of carbonyl (C=O) groups is 1. The number of rotatable bonds is 6. The van der Waals surface area contributed by atoms with Crippen molar-refractivity contribution in [1.82, 2.24) is 0 Å². The minimum Gasteiger partial charge on any atom is -0.493 e. The Morgan fingerprint density at radius 1 is 1.24 bits per heavy atom. The Labute approximate surface area is 171 Å². The molecule has 0 unspecified atom stereocenters. The average Bonchev–Trinajstić information content (AvgIpc) is 2.68. The topological polar surface area (TPSA) is 76.7 Å². The highest BCUT2D eigenvalue weighted by molar-refractivity contribution is 5.77. The number of carboxylic acids is 1. The number of aliphatic carboxylic acids is 1. The van der Waals surface area contributed by atoms with E-state index in [1.54, 1.807) is 12.1 Å². The van der Waals surface area contributed by atoms with Gasteiger partial charge >= 0.3 is 11.6 Å². The van der Waals surface area contributed by atoms with Gasteiger partial charge in [-0.25, -0.2) is 4.79 Å². The lowest BCUT2D eigenvalue weighted by molar-refractivity contribution is -0.136. The molecule has 1 aromatic carbocycles. The molecule has 1 aliphatic rings. The van der Waals surface area contributed by atoms with Crippen LogP contribution in [-0.4, -0.2) is 17.7 Å². The largest absolute Gasteiger partial charge is 0.493 e. The van der Waals surface area contributed by atoms with Gasteiger partial charge < -0.3 is 14.3 Å². The van der Waals surface area contributed by atoms with Crippen LogP contribution in [0.4, 0.5) is 0 Å². The van der Waals surface area contributed by atoms with Gasteiger partial charge in [-0.3, -0.25) is 4.79 Å². The van der Waals surface area contributed by atoms with Crippen LogP contribution in [0, 0.1) is 17.3 Å². The van der Waals surface area contributed by atoms with Gasteiger partial charge in [0.25, 0.3) is 0 Å². The summed E-state index contributed by atoms with van der Waals surface area (Å²) in [7, 11) is 0. The van der Waals surface area contributed by atoms with E-state index in [4.69, 9.17) is 14.3 Å². The number of carboxylic acid groups (broad SMARTS) is 1. The third kappa shape index (κ3) is 4.55. The zero-order valence-corrected chi connectivity index (χ0v) is 17.7. The first-order valence-electron chi connectivity index (χ1n) is 10.3. The van der Waals surface area contributed by atoms with Crippen molar-refractivity contribution in [1.29, 1.82) is 0 Å². The van der Waals surface area contributed by atoms with Crippen molar-refractivity contribution in [3.05, 3.63) is 51.9 Å². The van der Waals surface area contributed by atoms with Crippen LogP contribution in [0.2, 0.25) is 0 Å². The van der Waals surface area contributed by atoms with Crippen molar-refractivity contribution in [2.75, 3.05) is 6.61 Å². The summed E-state index contributed by atoms with van der Waals surface area (Å²) in [4.78, 5) is 22.5. The zero-order chi connectivity index (χ0) is 21.2. The molecule has 5 nitrogen and oxygen atoms in total. The normalized spacial score (nSPS) is 26.3. The van der Waals surface area contributed by atoms with Crippen LogP contribution in [0.3, 0.4) is 0 Å². The summed E-state index contributed by atoms with van der Waals surface area (Å²) in [5, 5.41) is 9.92. The van der Waals surface area contributed by atoms with Gasteiger partial charge in [0.15, 0.2) is 0 Å². The molecule has 0 amide bonds. The summed E-state index contributed by atoms with van der Waals surface area (Å²) in [5.41, 5.74) is 2.46. The number of hydrogen-bond donors (Lipinski definition) is 1. The first-order valence-corrected chi connectivity index (χ1v) is 10.3. The van der Waals surface area contributed by atoms with Crippen molar-refractivity contribution >= 4 is 16.9 Å². The quantitative estimate of drug-likeness (QED) is 0.519. The molecule has 1 fully saturated rings. The second-order valence-electron chi connectivity index (χ2n) is 8.62. The highest BCUT2D eigenvalue weighted by Crippen LogP contribution is 2.49. The van der Waals surface area contributed by atoms with Crippen LogP contribution in [0.5, 0.6) is 5.75 Å². The van der Waals surface area contributed by atoms with Gasteiger partial charge in [-0.15, -0.1) is 0 Å². The lowest BCUT2D eigenvalue weighted by atomic mass is 9.60. The van der Waals surface area contributed by atoms with E-state index in [-0.39, 0.29) is 17.5 Å². The standard InChI is InChI=1S/C24H30O5/c1-15-5-10-20(16(2)6-11-22(25)26)24(4,17(15)3)14-28-19-9-7-18-8-12-23(27)29-21(18)13-19/h7-9,12-13,15,17H,5-6,10-11,14H2,1-4H3,(H,25,26)/t15-,17-,24-/m0/s1. The maximum absolute atomic E-state index is 11.5. The van der Waals surface area contributed by atoms with Crippen molar-refractivity contribution in [3.63, 3.8) is 0 Å². The molecule has 1 aromatic heterocycles. The van der Waals surface area contributed by atoms with Gasteiger partial charge in [-0.05, 0) is 56.2 Å². The maximum Gasteiger partial charge on any atom is 0.336 e. The molecule has 1 aliphatic carbocycles. The monoisotopic (exact) mass is 398 g/mol. The number of benzene rings is 1. The molecule has 3 rings (SSSR count). The van der Waals surface area contributed by atoms with Crippen LogP contribution >= 0.6 is 0 Å². The van der Waals surface area contributed by atoms with Gasteiger partial charge in [0, 0.05) is 29.4 Å². The molecule has 0 spiro atoms.